The van der Waals surface area contributed by atoms with Gasteiger partial charge in [-0.25, -0.2) is 8.78 Å². The van der Waals surface area contributed by atoms with Crippen molar-refractivity contribution in [1.29, 1.82) is 0 Å². The fraction of sp³-hybridized carbons (Fsp3) is 0.143. The quantitative estimate of drug-likeness (QED) is 0.829. The van der Waals surface area contributed by atoms with Gasteiger partial charge in [-0.1, -0.05) is 0 Å². The summed E-state index contributed by atoms with van der Waals surface area (Å²) in [6.45, 7) is 0. The van der Waals surface area contributed by atoms with Crippen LogP contribution >= 0.6 is 0 Å². The zero-order valence-corrected chi connectivity index (χ0v) is 9.96. The van der Waals surface area contributed by atoms with Crippen molar-refractivity contribution in [3.05, 3.63) is 48.0 Å². The summed E-state index contributed by atoms with van der Waals surface area (Å²) in [5, 5.41) is 0. The van der Waals surface area contributed by atoms with Crippen molar-refractivity contribution in [3.63, 3.8) is 0 Å². The maximum atomic E-state index is 13.6. The zero-order chi connectivity index (χ0) is 13.1. The van der Waals surface area contributed by atoms with Crippen molar-refractivity contribution < 1.29 is 18.3 Å². The highest BCUT2D eigenvalue weighted by atomic mass is 19.1. The summed E-state index contributed by atoms with van der Waals surface area (Å²) >= 11 is 0. The molecular formula is C14H11F2O2. The van der Waals surface area contributed by atoms with E-state index in [1.807, 2.05) is 0 Å². The van der Waals surface area contributed by atoms with Gasteiger partial charge in [0.2, 0.25) is 0 Å². The molecule has 18 heavy (non-hydrogen) atoms. The maximum Gasteiger partial charge on any atom is 0.139 e. The normalized spacial score (nSPS) is 10.2. The van der Waals surface area contributed by atoms with Crippen LogP contribution in [-0.2, 0) is 0 Å². The minimum absolute atomic E-state index is 0.118. The van der Waals surface area contributed by atoms with Crippen LogP contribution in [0, 0.1) is 17.7 Å². The van der Waals surface area contributed by atoms with Gasteiger partial charge in [-0.3, -0.25) is 0 Å². The van der Waals surface area contributed by atoms with Gasteiger partial charge in [-0.2, -0.15) is 0 Å². The van der Waals surface area contributed by atoms with Crippen LogP contribution in [0.4, 0.5) is 8.78 Å². The summed E-state index contributed by atoms with van der Waals surface area (Å²) in [5.41, 5.74) is 0.589. The molecule has 0 heterocycles. The molecule has 2 rings (SSSR count). The molecule has 1 radical (unpaired) electrons. The fourth-order valence-corrected chi connectivity index (χ4v) is 1.63. The van der Waals surface area contributed by atoms with Crippen LogP contribution in [0.3, 0.4) is 0 Å². The molecule has 2 aromatic carbocycles. The van der Waals surface area contributed by atoms with Gasteiger partial charge in [-0.15, -0.1) is 0 Å². The molecule has 0 amide bonds. The van der Waals surface area contributed by atoms with Crippen molar-refractivity contribution >= 4 is 0 Å². The molecule has 0 atom stereocenters. The van der Waals surface area contributed by atoms with Gasteiger partial charge in [-0.05, 0) is 29.8 Å². The van der Waals surface area contributed by atoms with Gasteiger partial charge < -0.3 is 9.47 Å². The molecule has 2 aromatic rings. The molecule has 0 fully saturated rings. The number of benzene rings is 2. The topological polar surface area (TPSA) is 18.5 Å². The molecule has 93 valence electrons. The molecule has 0 aliphatic heterocycles. The van der Waals surface area contributed by atoms with Crippen molar-refractivity contribution in [2.75, 3.05) is 14.2 Å². The summed E-state index contributed by atoms with van der Waals surface area (Å²) in [5.74, 6) is -0.152. The Kier molecular flexibility index (Phi) is 3.46. The van der Waals surface area contributed by atoms with E-state index in [9.17, 15) is 8.78 Å². The van der Waals surface area contributed by atoms with Crippen LogP contribution in [0.15, 0.2) is 30.3 Å². The van der Waals surface area contributed by atoms with Gasteiger partial charge in [0.1, 0.15) is 23.1 Å². The number of methoxy groups -OCH3 is 2. The summed E-state index contributed by atoms with van der Waals surface area (Å²) in [6, 6.07) is 9.15. The molecule has 0 aliphatic carbocycles. The molecule has 0 N–H and O–H groups in total. The summed E-state index contributed by atoms with van der Waals surface area (Å²) in [4.78, 5) is 0. The van der Waals surface area contributed by atoms with Gasteiger partial charge in [0.25, 0.3) is 0 Å². The van der Waals surface area contributed by atoms with E-state index < -0.39 is 11.6 Å². The average Bonchev–Trinajstić information content (AvgIpc) is 2.40. The van der Waals surface area contributed by atoms with Crippen molar-refractivity contribution in [2.45, 2.75) is 0 Å². The maximum absolute atomic E-state index is 13.6. The van der Waals surface area contributed by atoms with Crippen molar-refractivity contribution in [3.8, 4) is 22.6 Å². The summed E-state index contributed by atoms with van der Waals surface area (Å²) < 4.78 is 36.9. The second kappa shape index (κ2) is 5.04. The summed E-state index contributed by atoms with van der Waals surface area (Å²) in [6.07, 6.45) is 0. The Labute approximate surface area is 104 Å². The molecule has 0 bridgehead atoms. The standard InChI is InChI=1S/C14H11F2O2/c1-17-11-5-9(6-12(8-11)18-2)13-7-10(15)3-4-14(13)16/h3,5-8H,1-2H3. The van der Waals surface area contributed by atoms with E-state index in [-0.39, 0.29) is 5.56 Å². The predicted molar refractivity (Wildman–Crippen MR) is 63.7 cm³/mol. The number of hydrogen-bond acceptors (Lipinski definition) is 2. The predicted octanol–water partition coefficient (Wildman–Crippen LogP) is 3.45. The molecule has 0 saturated heterocycles. The third-order valence-corrected chi connectivity index (χ3v) is 2.52. The number of hydrogen-bond donors (Lipinski definition) is 0. The molecular weight excluding hydrogens is 238 g/mol. The van der Waals surface area contributed by atoms with E-state index >= 15 is 0 Å². The van der Waals surface area contributed by atoms with Gasteiger partial charge in [0.05, 0.1) is 14.2 Å². The monoisotopic (exact) mass is 249 g/mol. The third-order valence-electron chi connectivity index (χ3n) is 2.52. The molecule has 0 spiro atoms. The molecule has 4 heteroatoms. The molecule has 0 unspecified atom stereocenters. The number of rotatable bonds is 3. The van der Waals surface area contributed by atoms with E-state index in [0.29, 0.717) is 17.1 Å². The highest BCUT2D eigenvalue weighted by Gasteiger charge is 2.10. The Balaban J connectivity index is 2.58. The summed E-state index contributed by atoms with van der Waals surface area (Å²) in [7, 11) is 2.99. The van der Waals surface area contributed by atoms with Crippen molar-refractivity contribution in [1.82, 2.24) is 0 Å². The average molecular weight is 249 g/mol. The lowest BCUT2D eigenvalue weighted by molar-refractivity contribution is 0.394. The Bertz CT molecular complexity index is 545. The first-order chi connectivity index (χ1) is 8.63. The molecule has 2 nitrogen and oxygen atoms in total. The third kappa shape index (κ3) is 2.42. The van der Waals surface area contributed by atoms with Gasteiger partial charge in [0.15, 0.2) is 0 Å². The number of ether oxygens (including phenoxy) is 2. The van der Waals surface area contributed by atoms with E-state index in [0.717, 1.165) is 12.1 Å². The van der Waals surface area contributed by atoms with Crippen LogP contribution in [0.2, 0.25) is 0 Å². The van der Waals surface area contributed by atoms with E-state index in [4.69, 9.17) is 9.47 Å². The minimum Gasteiger partial charge on any atom is -0.497 e. The Morgan fingerprint density at radius 1 is 0.944 bits per heavy atom. The second-order valence-electron chi connectivity index (χ2n) is 3.65. The first-order valence-electron chi connectivity index (χ1n) is 5.24. The minimum atomic E-state index is -0.619. The largest absolute Gasteiger partial charge is 0.497 e. The molecule has 0 saturated carbocycles. The zero-order valence-electron chi connectivity index (χ0n) is 9.96. The SMILES string of the molecule is COc1cc(OC)cc(-c2cc(F)c[c]c2F)c1. The van der Waals surface area contributed by atoms with Crippen LogP contribution in [-0.4, -0.2) is 14.2 Å². The number of halogens is 2. The van der Waals surface area contributed by atoms with Crippen LogP contribution in [0.1, 0.15) is 0 Å². The first-order valence-corrected chi connectivity index (χ1v) is 5.24. The first kappa shape index (κ1) is 12.4. The van der Waals surface area contributed by atoms with E-state index in [1.165, 1.54) is 14.2 Å². The molecule has 0 aromatic heterocycles. The lowest BCUT2D eigenvalue weighted by atomic mass is 10.0. The van der Waals surface area contributed by atoms with Crippen molar-refractivity contribution in [2.24, 2.45) is 0 Å². The lowest BCUT2D eigenvalue weighted by Gasteiger charge is -2.09. The van der Waals surface area contributed by atoms with Crippen LogP contribution < -0.4 is 9.47 Å². The molecule has 0 aliphatic rings. The smallest absolute Gasteiger partial charge is 0.139 e. The highest BCUT2D eigenvalue weighted by molar-refractivity contribution is 5.67. The second-order valence-corrected chi connectivity index (χ2v) is 3.65. The fourth-order valence-electron chi connectivity index (χ4n) is 1.63. The van der Waals surface area contributed by atoms with Gasteiger partial charge >= 0.3 is 0 Å². The lowest BCUT2D eigenvalue weighted by Crippen LogP contribution is -1.91. The van der Waals surface area contributed by atoms with E-state index in [2.05, 4.69) is 6.07 Å². The highest BCUT2D eigenvalue weighted by Crippen LogP contribution is 2.31. The Hall–Kier alpha value is -2.10. The Morgan fingerprint density at radius 2 is 1.56 bits per heavy atom. The van der Waals surface area contributed by atoms with Crippen LogP contribution in [0.5, 0.6) is 11.5 Å². The van der Waals surface area contributed by atoms with Crippen LogP contribution in [0.25, 0.3) is 11.1 Å². The van der Waals surface area contributed by atoms with E-state index in [1.54, 1.807) is 18.2 Å². The Morgan fingerprint density at radius 3 is 2.11 bits per heavy atom. The van der Waals surface area contributed by atoms with Gasteiger partial charge in [0, 0.05) is 17.7 Å².